The summed E-state index contributed by atoms with van der Waals surface area (Å²) in [6.45, 7) is 8.04. The summed E-state index contributed by atoms with van der Waals surface area (Å²) >= 11 is 0. The maximum Gasteiger partial charge on any atom is 0.246 e. The standard InChI is InChI=1S/C30H28FN7O2/c1-5-28(39)38-14-19(11-18(38)3)22-7-8-23-29(35-22)30(33-15-32-23)36-24-10-17(2)27(13-21(24)31)40-20-6-9-26-25(12-20)34-16-37(26)4/h5-10,12-13,15-16,18-19H,1,11,14H2,2-4H3,(H,32,33,36). The molecule has 0 spiro atoms. The van der Waals surface area contributed by atoms with Gasteiger partial charge in [0.2, 0.25) is 5.91 Å². The van der Waals surface area contributed by atoms with Crippen molar-refractivity contribution in [1.82, 2.24) is 29.4 Å². The van der Waals surface area contributed by atoms with Gasteiger partial charge < -0.3 is 19.5 Å². The van der Waals surface area contributed by atoms with E-state index in [2.05, 4.69) is 26.8 Å². The second-order valence-electron chi connectivity index (χ2n) is 10.1. The number of carbonyl (C=O) groups is 1. The molecule has 5 aromatic rings. The number of benzene rings is 2. The van der Waals surface area contributed by atoms with Gasteiger partial charge in [0.15, 0.2) is 5.82 Å². The second-order valence-corrected chi connectivity index (χ2v) is 10.1. The van der Waals surface area contributed by atoms with Crippen LogP contribution in [0.15, 0.2) is 67.8 Å². The SMILES string of the molecule is C=CC(=O)N1CC(c2ccc3ncnc(Nc4cc(C)c(Oc5ccc6c(c5)ncn6C)cc4F)c3n2)CC1C. The Labute approximate surface area is 230 Å². The third-order valence-corrected chi connectivity index (χ3v) is 7.40. The van der Waals surface area contributed by atoms with Crippen molar-refractivity contribution in [1.29, 1.82) is 0 Å². The topological polar surface area (TPSA) is 98.1 Å². The molecule has 4 heterocycles. The fraction of sp³-hybridized carbons (Fsp3) is 0.233. The van der Waals surface area contributed by atoms with E-state index in [9.17, 15) is 4.79 Å². The first-order chi connectivity index (χ1) is 19.3. The molecule has 40 heavy (non-hydrogen) atoms. The molecule has 1 amide bonds. The molecule has 3 aromatic heterocycles. The van der Waals surface area contributed by atoms with E-state index in [1.54, 1.807) is 17.3 Å². The summed E-state index contributed by atoms with van der Waals surface area (Å²) in [6, 6.07) is 12.5. The first-order valence-corrected chi connectivity index (χ1v) is 13.0. The quantitative estimate of drug-likeness (QED) is 0.274. The largest absolute Gasteiger partial charge is 0.457 e. The van der Waals surface area contributed by atoms with E-state index in [1.807, 2.05) is 55.8 Å². The summed E-state index contributed by atoms with van der Waals surface area (Å²) in [5.41, 5.74) is 4.76. The number of amides is 1. The summed E-state index contributed by atoms with van der Waals surface area (Å²) < 4.78 is 23.3. The number of rotatable bonds is 6. The third-order valence-electron chi connectivity index (χ3n) is 7.40. The Kier molecular flexibility index (Phi) is 6.37. The predicted molar refractivity (Wildman–Crippen MR) is 151 cm³/mol. The molecule has 10 heteroatoms. The van der Waals surface area contributed by atoms with Gasteiger partial charge in [-0.15, -0.1) is 0 Å². The average Bonchev–Trinajstić information content (AvgIpc) is 3.53. The highest BCUT2D eigenvalue weighted by molar-refractivity contribution is 5.88. The molecular formula is C30H28FN7O2. The molecule has 1 aliphatic heterocycles. The molecule has 2 atom stereocenters. The van der Waals surface area contributed by atoms with Crippen molar-refractivity contribution in [2.45, 2.75) is 32.2 Å². The minimum absolute atomic E-state index is 0.0667. The van der Waals surface area contributed by atoms with Crippen LogP contribution in [0, 0.1) is 12.7 Å². The maximum atomic E-state index is 15.3. The molecule has 2 aromatic carbocycles. The van der Waals surface area contributed by atoms with Crippen molar-refractivity contribution in [3.63, 3.8) is 0 Å². The molecule has 1 aliphatic rings. The molecule has 6 rings (SSSR count). The Hall–Kier alpha value is -4.86. The lowest BCUT2D eigenvalue weighted by molar-refractivity contribution is -0.126. The number of aromatic nitrogens is 5. The second kappa shape index (κ2) is 10.0. The first-order valence-electron chi connectivity index (χ1n) is 13.0. The molecule has 9 nitrogen and oxygen atoms in total. The molecule has 0 saturated carbocycles. The van der Waals surface area contributed by atoms with Gasteiger partial charge in [-0.1, -0.05) is 6.58 Å². The number of pyridine rings is 1. The van der Waals surface area contributed by atoms with Crippen LogP contribution in [-0.2, 0) is 11.8 Å². The lowest BCUT2D eigenvalue weighted by atomic mass is 10.0. The van der Waals surface area contributed by atoms with Gasteiger partial charge in [-0.3, -0.25) is 4.79 Å². The number of fused-ring (bicyclic) bond motifs is 2. The Morgan fingerprint density at radius 2 is 2.00 bits per heavy atom. The molecule has 0 aliphatic carbocycles. The highest BCUT2D eigenvalue weighted by Crippen LogP contribution is 2.35. The van der Waals surface area contributed by atoms with Crippen LogP contribution in [0.4, 0.5) is 15.9 Å². The van der Waals surface area contributed by atoms with Crippen LogP contribution in [0.2, 0.25) is 0 Å². The van der Waals surface area contributed by atoms with E-state index >= 15 is 4.39 Å². The van der Waals surface area contributed by atoms with Crippen LogP contribution in [0.3, 0.4) is 0 Å². The van der Waals surface area contributed by atoms with Gasteiger partial charge in [0.25, 0.3) is 0 Å². The van der Waals surface area contributed by atoms with Crippen molar-refractivity contribution in [2.24, 2.45) is 7.05 Å². The molecule has 1 saturated heterocycles. The molecule has 1 N–H and O–H groups in total. The van der Waals surface area contributed by atoms with Gasteiger partial charge >= 0.3 is 0 Å². The smallest absolute Gasteiger partial charge is 0.246 e. The number of anilines is 2. The number of imidazole rings is 1. The molecule has 0 bridgehead atoms. The molecular weight excluding hydrogens is 509 g/mol. The van der Waals surface area contributed by atoms with Gasteiger partial charge in [-0.2, -0.15) is 0 Å². The highest BCUT2D eigenvalue weighted by atomic mass is 19.1. The van der Waals surface area contributed by atoms with Crippen molar-refractivity contribution >= 4 is 39.5 Å². The van der Waals surface area contributed by atoms with Crippen LogP contribution >= 0.6 is 0 Å². The van der Waals surface area contributed by atoms with Gasteiger partial charge in [0.1, 0.15) is 29.2 Å². The molecule has 202 valence electrons. The molecule has 0 radical (unpaired) electrons. The fourth-order valence-corrected chi connectivity index (χ4v) is 5.25. The zero-order chi connectivity index (χ0) is 28.0. The highest BCUT2D eigenvalue weighted by Gasteiger charge is 2.33. The zero-order valence-corrected chi connectivity index (χ0v) is 22.4. The number of nitrogens with one attached hydrogen (secondary N) is 1. The Balaban J connectivity index is 1.27. The third kappa shape index (κ3) is 4.61. The predicted octanol–water partition coefficient (Wildman–Crippen LogP) is 5.79. The van der Waals surface area contributed by atoms with Gasteiger partial charge in [0.05, 0.1) is 28.6 Å². The van der Waals surface area contributed by atoms with Gasteiger partial charge in [-0.05, 0) is 62.2 Å². The number of ether oxygens (including phenoxy) is 1. The van der Waals surface area contributed by atoms with Crippen LogP contribution in [0.1, 0.15) is 30.5 Å². The maximum absolute atomic E-state index is 15.3. The summed E-state index contributed by atoms with van der Waals surface area (Å²) in [4.78, 5) is 31.9. The monoisotopic (exact) mass is 537 g/mol. The van der Waals surface area contributed by atoms with Crippen molar-refractivity contribution < 1.29 is 13.9 Å². The number of nitrogens with zero attached hydrogens (tertiary/aromatic N) is 6. The van der Waals surface area contributed by atoms with Crippen LogP contribution < -0.4 is 10.1 Å². The van der Waals surface area contributed by atoms with Crippen LogP contribution in [0.25, 0.3) is 22.1 Å². The van der Waals surface area contributed by atoms with E-state index in [0.29, 0.717) is 34.9 Å². The summed E-state index contributed by atoms with van der Waals surface area (Å²) in [5.74, 6) is 0.854. The van der Waals surface area contributed by atoms with E-state index in [0.717, 1.165) is 28.7 Å². The minimum Gasteiger partial charge on any atom is -0.457 e. The van der Waals surface area contributed by atoms with Crippen molar-refractivity contribution in [3.8, 4) is 11.5 Å². The summed E-state index contributed by atoms with van der Waals surface area (Å²) in [5, 5.41) is 3.10. The first kappa shape index (κ1) is 25.4. The number of aryl methyl sites for hydroxylation is 2. The van der Waals surface area contributed by atoms with Gasteiger partial charge in [0, 0.05) is 43.4 Å². The normalized spacial score (nSPS) is 16.9. The van der Waals surface area contributed by atoms with Gasteiger partial charge in [-0.25, -0.2) is 24.3 Å². The summed E-state index contributed by atoms with van der Waals surface area (Å²) in [7, 11) is 1.92. The Bertz CT molecular complexity index is 1780. The van der Waals surface area contributed by atoms with E-state index in [4.69, 9.17) is 9.72 Å². The van der Waals surface area contributed by atoms with Crippen molar-refractivity contribution in [2.75, 3.05) is 11.9 Å². The number of halogens is 1. The summed E-state index contributed by atoms with van der Waals surface area (Å²) in [6.07, 6.45) is 5.29. The molecule has 2 unspecified atom stereocenters. The number of hydrogen-bond donors (Lipinski definition) is 1. The zero-order valence-electron chi connectivity index (χ0n) is 22.4. The number of carbonyl (C=O) groups excluding carboxylic acids is 1. The average molecular weight is 538 g/mol. The minimum atomic E-state index is -0.495. The lowest BCUT2D eigenvalue weighted by Gasteiger charge is -2.19. The Morgan fingerprint density at radius 1 is 1.15 bits per heavy atom. The van der Waals surface area contributed by atoms with E-state index in [1.165, 1.54) is 18.5 Å². The lowest BCUT2D eigenvalue weighted by Crippen LogP contribution is -2.32. The Morgan fingerprint density at radius 3 is 2.83 bits per heavy atom. The van der Waals surface area contributed by atoms with Crippen molar-refractivity contribution in [3.05, 3.63) is 84.8 Å². The fourth-order valence-electron chi connectivity index (χ4n) is 5.25. The van der Waals surface area contributed by atoms with E-state index in [-0.39, 0.29) is 23.6 Å². The van der Waals surface area contributed by atoms with Crippen LogP contribution in [0.5, 0.6) is 11.5 Å². The number of likely N-dealkylation sites (tertiary alicyclic amines) is 1. The van der Waals surface area contributed by atoms with Crippen LogP contribution in [-0.4, -0.2) is 47.9 Å². The number of hydrogen-bond acceptors (Lipinski definition) is 7. The molecule has 1 fully saturated rings. The van der Waals surface area contributed by atoms with E-state index < -0.39 is 5.82 Å².